The normalized spacial score (nSPS) is 11.5. The number of hydrogen-bond donors (Lipinski definition) is 2. The second-order valence-electron chi connectivity index (χ2n) is 5.10. The van der Waals surface area contributed by atoms with E-state index in [1.165, 1.54) is 25.3 Å². The number of primary amides is 1. The summed E-state index contributed by atoms with van der Waals surface area (Å²) < 4.78 is 10.6. The third-order valence-electron chi connectivity index (χ3n) is 3.30. The molecule has 25 heavy (non-hydrogen) atoms. The SMILES string of the molecule is COc1ccc(NC(=O)C(C)Oc2ccc(Cl)cc2C(N)=O)cc1Cl. The smallest absolute Gasteiger partial charge is 0.265 e. The predicted octanol–water partition coefficient (Wildman–Crippen LogP) is 3.51. The van der Waals surface area contributed by atoms with Crippen molar-refractivity contribution in [3.05, 3.63) is 52.0 Å². The maximum atomic E-state index is 12.3. The number of nitrogens with two attached hydrogens (primary N) is 1. The Morgan fingerprint density at radius 2 is 1.80 bits per heavy atom. The van der Waals surface area contributed by atoms with Crippen LogP contribution in [0.1, 0.15) is 17.3 Å². The largest absolute Gasteiger partial charge is 0.495 e. The van der Waals surface area contributed by atoms with Gasteiger partial charge in [0.25, 0.3) is 11.8 Å². The first-order valence-corrected chi connectivity index (χ1v) is 7.98. The van der Waals surface area contributed by atoms with Crippen molar-refractivity contribution in [2.45, 2.75) is 13.0 Å². The van der Waals surface area contributed by atoms with Gasteiger partial charge in [0.1, 0.15) is 11.5 Å². The quantitative estimate of drug-likeness (QED) is 0.799. The minimum Gasteiger partial charge on any atom is -0.495 e. The van der Waals surface area contributed by atoms with Gasteiger partial charge >= 0.3 is 0 Å². The molecule has 132 valence electrons. The van der Waals surface area contributed by atoms with Gasteiger partial charge < -0.3 is 20.5 Å². The molecule has 8 heteroatoms. The fourth-order valence-electron chi connectivity index (χ4n) is 2.03. The van der Waals surface area contributed by atoms with Gasteiger partial charge in [-0.3, -0.25) is 9.59 Å². The Balaban J connectivity index is 2.11. The average Bonchev–Trinajstić information content (AvgIpc) is 2.56. The van der Waals surface area contributed by atoms with E-state index < -0.39 is 17.9 Å². The van der Waals surface area contributed by atoms with Gasteiger partial charge in [-0.15, -0.1) is 0 Å². The highest BCUT2D eigenvalue weighted by Gasteiger charge is 2.19. The molecule has 2 aromatic rings. The molecule has 0 aromatic heterocycles. The molecule has 2 aromatic carbocycles. The van der Waals surface area contributed by atoms with Crippen molar-refractivity contribution in [2.75, 3.05) is 12.4 Å². The molecule has 2 amide bonds. The standard InChI is InChI=1S/C17H16Cl2N2O4/c1-9(25-14-5-3-10(18)7-12(14)16(20)22)17(23)21-11-4-6-15(24-2)13(19)8-11/h3-9H,1-2H3,(H2,20,22)(H,21,23). The Hall–Kier alpha value is -2.44. The van der Waals surface area contributed by atoms with Crippen molar-refractivity contribution in [3.8, 4) is 11.5 Å². The van der Waals surface area contributed by atoms with Gasteiger partial charge in [-0.1, -0.05) is 23.2 Å². The van der Waals surface area contributed by atoms with Crippen LogP contribution in [0.25, 0.3) is 0 Å². The number of anilines is 1. The molecule has 6 nitrogen and oxygen atoms in total. The van der Waals surface area contributed by atoms with E-state index in [4.69, 9.17) is 38.4 Å². The van der Waals surface area contributed by atoms with Gasteiger partial charge in [0.05, 0.1) is 17.7 Å². The third kappa shape index (κ3) is 4.78. The Kier molecular flexibility index (Phi) is 6.12. The van der Waals surface area contributed by atoms with Crippen molar-refractivity contribution in [2.24, 2.45) is 5.73 Å². The molecule has 2 rings (SSSR count). The first kappa shape index (κ1) is 18.9. The summed E-state index contributed by atoms with van der Waals surface area (Å²) in [5.74, 6) is -0.456. The second kappa shape index (κ2) is 8.09. The lowest BCUT2D eigenvalue weighted by atomic mass is 10.2. The van der Waals surface area contributed by atoms with Crippen LogP contribution in [0.5, 0.6) is 11.5 Å². The minimum atomic E-state index is -0.889. The number of nitrogens with one attached hydrogen (secondary N) is 1. The molecule has 0 saturated heterocycles. The molecular formula is C17H16Cl2N2O4. The van der Waals surface area contributed by atoms with Gasteiger partial charge in [-0.2, -0.15) is 0 Å². The van der Waals surface area contributed by atoms with Crippen LogP contribution in [0.4, 0.5) is 5.69 Å². The highest BCUT2D eigenvalue weighted by Crippen LogP contribution is 2.28. The Labute approximate surface area is 154 Å². The van der Waals surface area contributed by atoms with Crippen LogP contribution >= 0.6 is 23.2 Å². The molecule has 0 radical (unpaired) electrons. The van der Waals surface area contributed by atoms with E-state index in [9.17, 15) is 9.59 Å². The van der Waals surface area contributed by atoms with E-state index in [0.29, 0.717) is 21.5 Å². The number of rotatable bonds is 6. The lowest BCUT2D eigenvalue weighted by Crippen LogP contribution is -2.31. The Bertz CT molecular complexity index is 811. The summed E-state index contributed by atoms with van der Waals surface area (Å²) in [6.45, 7) is 1.54. The van der Waals surface area contributed by atoms with Crippen molar-refractivity contribution >= 4 is 40.7 Å². The monoisotopic (exact) mass is 382 g/mol. The number of ether oxygens (including phenoxy) is 2. The van der Waals surface area contributed by atoms with Crippen LogP contribution in [0.2, 0.25) is 10.0 Å². The fraction of sp³-hybridized carbons (Fsp3) is 0.176. The van der Waals surface area contributed by atoms with E-state index in [2.05, 4.69) is 5.32 Å². The molecule has 1 atom stereocenters. The summed E-state index contributed by atoms with van der Waals surface area (Å²) in [6, 6.07) is 9.24. The molecular weight excluding hydrogens is 367 g/mol. The summed E-state index contributed by atoms with van der Waals surface area (Å²) in [5, 5.41) is 3.37. The molecule has 0 heterocycles. The summed E-state index contributed by atoms with van der Waals surface area (Å²) in [5.41, 5.74) is 5.88. The van der Waals surface area contributed by atoms with E-state index in [0.717, 1.165) is 0 Å². The van der Waals surface area contributed by atoms with Crippen molar-refractivity contribution in [1.29, 1.82) is 0 Å². The van der Waals surface area contributed by atoms with Gasteiger partial charge in [0.15, 0.2) is 6.10 Å². The van der Waals surface area contributed by atoms with Gasteiger partial charge in [-0.05, 0) is 43.3 Å². The summed E-state index contributed by atoms with van der Waals surface area (Å²) >= 11 is 11.9. The molecule has 0 bridgehead atoms. The van der Waals surface area contributed by atoms with E-state index >= 15 is 0 Å². The van der Waals surface area contributed by atoms with Crippen LogP contribution in [0, 0.1) is 0 Å². The maximum Gasteiger partial charge on any atom is 0.265 e. The summed E-state index contributed by atoms with van der Waals surface area (Å²) in [4.78, 5) is 23.7. The van der Waals surface area contributed by atoms with E-state index in [1.807, 2.05) is 0 Å². The van der Waals surface area contributed by atoms with Gasteiger partial charge in [0.2, 0.25) is 0 Å². The lowest BCUT2D eigenvalue weighted by Gasteiger charge is -2.17. The number of carbonyl (C=O) groups excluding carboxylic acids is 2. The Morgan fingerprint density at radius 1 is 1.12 bits per heavy atom. The summed E-state index contributed by atoms with van der Waals surface area (Å²) in [7, 11) is 1.50. The lowest BCUT2D eigenvalue weighted by molar-refractivity contribution is -0.122. The number of methoxy groups -OCH3 is 1. The van der Waals surface area contributed by atoms with Gasteiger partial charge in [0, 0.05) is 10.7 Å². The number of halogens is 2. The topological polar surface area (TPSA) is 90.7 Å². The van der Waals surface area contributed by atoms with Crippen LogP contribution in [0.3, 0.4) is 0 Å². The predicted molar refractivity (Wildman–Crippen MR) is 96.7 cm³/mol. The van der Waals surface area contributed by atoms with Crippen molar-refractivity contribution in [1.82, 2.24) is 0 Å². The van der Waals surface area contributed by atoms with E-state index in [-0.39, 0.29) is 11.3 Å². The van der Waals surface area contributed by atoms with Crippen molar-refractivity contribution < 1.29 is 19.1 Å². The van der Waals surface area contributed by atoms with Crippen molar-refractivity contribution in [3.63, 3.8) is 0 Å². The molecule has 0 fully saturated rings. The fourth-order valence-corrected chi connectivity index (χ4v) is 2.46. The molecule has 1 unspecified atom stereocenters. The molecule has 0 aliphatic rings. The second-order valence-corrected chi connectivity index (χ2v) is 5.95. The first-order valence-electron chi connectivity index (χ1n) is 7.22. The molecule has 0 saturated carbocycles. The zero-order valence-electron chi connectivity index (χ0n) is 13.5. The molecule has 3 N–H and O–H groups in total. The van der Waals surface area contributed by atoms with Crippen LogP contribution < -0.4 is 20.5 Å². The van der Waals surface area contributed by atoms with E-state index in [1.54, 1.807) is 25.1 Å². The number of amides is 2. The zero-order chi connectivity index (χ0) is 18.6. The summed E-state index contributed by atoms with van der Waals surface area (Å²) in [6.07, 6.45) is -0.889. The average molecular weight is 383 g/mol. The molecule has 0 aliphatic heterocycles. The maximum absolute atomic E-state index is 12.3. The first-order chi connectivity index (χ1) is 11.8. The minimum absolute atomic E-state index is 0.0969. The molecule has 0 aliphatic carbocycles. The molecule has 0 spiro atoms. The van der Waals surface area contributed by atoms with Crippen LogP contribution in [0.15, 0.2) is 36.4 Å². The highest BCUT2D eigenvalue weighted by molar-refractivity contribution is 6.32. The van der Waals surface area contributed by atoms with Crippen LogP contribution in [-0.2, 0) is 4.79 Å². The Morgan fingerprint density at radius 3 is 2.40 bits per heavy atom. The zero-order valence-corrected chi connectivity index (χ0v) is 15.0. The highest BCUT2D eigenvalue weighted by atomic mass is 35.5. The van der Waals surface area contributed by atoms with Gasteiger partial charge in [-0.25, -0.2) is 0 Å². The van der Waals surface area contributed by atoms with Crippen LogP contribution in [-0.4, -0.2) is 25.0 Å². The number of hydrogen-bond acceptors (Lipinski definition) is 4. The number of benzene rings is 2. The third-order valence-corrected chi connectivity index (χ3v) is 3.83. The number of carbonyl (C=O) groups is 2.